The zero-order valence-corrected chi connectivity index (χ0v) is 10.1. The molecule has 5 heteroatoms. The van der Waals surface area contributed by atoms with Gasteiger partial charge in [-0.1, -0.05) is 0 Å². The smallest absolute Gasteiger partial charge is 0.410 e. The third-order valence-electron chi connectivity index (χ3n) is 2.56. The van der Waals surface area contributed by atoms with Crippen molar-refractivity contribution < 1.29 is 19.0 Å². The van der Waals surface area contributed by atoms with Crippen LogP contribution in [0, 0.1) is 5.92 Å². The molecule has 1 fully saturated rings. The van der Waals surface area contributed by atoms with Gasteiger partial charge in [-0.15, -0.1) is 0 Å². The molecule has 0 radical (unpaired) electrons. The number of nitrogens with zero attached hydrogens (tertiary/aromatic N) is 1. The number of likely N-dealkylation sites (tertiary alicyclic amines) is 1. The summed E-state index contributed by atoms with van der Waals surface area (Å²) in [4.78, 5) is 13.0. The number of amides is 1. The van der Waals surface area contributed by atoms with Crippen LogP contribution in [0.1, 0.15) is 27.2 Å². The fourth-order valence-electron chi connectivity index (χ4n) is 1.65. The van der Waals surface area contributed by atoms with Crippen LogP contribution < -0.4 is 0 Å². The van der Waals surface area contributed by atoms with Gasteiger partial charge in [0, 0.05) is 19.1 Å². The summed E-state index contributed by atoms with van der Waals surface area (Å²) in [6.07, 6.45) is -1.16. The maximum atomic E-state index is 13.5. The van der Waals surface area contributed by atoms with E-state index in [1.54, 1.807) is 20.8 Å². The molecule has 0 aromatic heterocycles. The quantitative estimate of drug-likeness (QED) is 0.748. The average molecular weight is 233 g/mol. The lowest BCUT2D eigenvalue weighted by atomic mass is 9.96. The number of ether oxygens (including phenoxy) is 1. The van der Waals surface area contributed by atoms with Crippen LogP contribution >= 0.6 is 0 Å². The van der Waals surface area contributed by atoms with Gasteiger partial charge in [-0.25, -0.2) is 9.18 Å². The van der Waals surface area contributed by atoms with Gasteiger partial charge in [-0.05, 0) is 27.2 Å². The van der Waals surface area contributed by atoms with Gasteiger partial charge in [-0.2, -0.15) is 0 Å². The average Bonchev–Trinajstić information content (AvgIpc) is 2.15. The highest BCUT2D eigenvalue weighted by molar-refractivity contribution is 5.68. The molecule has 1 amide bonds. The van der Waals surface area contributed by atoms with Crippen LogP contribution in [-0.2, 0) is 4.74 Å². The first-order valence-electron chi connectivity index (χ1n) is 5.56. The summed E-state index contributed by atoms with van der Waals surface area (Å²) >= 11 is 0. The van der Waals surface area contributed by atoms with Crippen LogP contribution in [0.15, 0.2) is 0 Å². The molecule has 0 bridgehead atoms. The molecule has 1 aliphatic heterocycles. The van der Waals surface area contributed by atoms with Gasteiger partial charge >= 0.3 is 6.09 Å². The van der Waals surface area contributed by atoms with Gasteiger partial charge in [0.05, 0.1) is 6.54 Å². The number of aliphatic hydroxyl groups is 1. The molecule has 0 spiro atoms. The molecule has 1 aliphatic rings. The molecule has 1 saturated heterocycles. The van der Waals surface area contributed by atoms with E-state index < -0.39 is 17.9 Å². The van der Waals surface area contributed by atoms with E-state index in [4.69, 9.17) is 9.84 Å². The molecule has 1 N–H and O–H groups in total. The molecule has 1 rings (SSSR count). The zero-order chi connectivity index (χ0) is 12.3. The second-order valence-corrected chi connectivity index (χ2v) is 5.17. The Kier molecular flexibility index (Phi) is 4.13. The first-order chi connectivity index (χ1) is 7.33. The van der Waals surface area contributed by atoms with Crippen LogP contribution in [0.3, 0.4) is 0 Å². The maximum absolute atomic E-state index is 13.5. The molecule has 2 atom stereocenters. The number of carbonyl (C=O) groups is 1. The molecule has 16 heavy (non-hydrogen) atoms. The predicted octanol–water partition coefficient (Wildman–Crippen LogP) is 1.57. The van der Waals surface area contributed by atoms with Gasteiger partial charge in [0.25, 0.3) is 0 Å². The molecule has 1 heterocycles. The fourth-order valence-corrected chi connectivity index (χ4v) is 1.65. The van der Waals surface area contributed by atoms with Crippen molar-refractivity contribution in [3.05, 3.63) is 0 Å². The minimum absolute atomic E-state index is 0.0140. The lowest BCUT2D eigenvalue weighted by Crippen LogP contribution is -2.47. The molecular weight excluding hydrogens is 213 g/mol. The standard InChI is InChI=1S/C11H20FNO3/c1-11(2,3)16-10(15)13-5-4-8(7-14)9(12)6-13/h8-9,14H,4-7H2,1-3H3/t8-,9-/m0/s1. The summed E-state index contributed by atoms with van der Waals surface area (Å²) in [5.74, 6) is -0.348. The largest absolute Gasteiger partial charge is 0.444 e. The summed E-state index contributed by atoms with van der Waals surface area (Å²) in [6, 6.07) is 0. The number of alkyl halides is 1. The van der Waals surface area contributed by atoms with Gasteiger partial charge in [0.2, 0.25) is 0 Å². The second-order valence-electron chi connectivity index (χ2n) is 5.17. The Hall–Kier alpha value is -0.840. The van der Waals surface area contributed by atoms with E-state index in [2.05, 4.69) is 0 Å². The van der Waals surface area contributed by atoms with E-state index in [-0.39, 0.29) is 19.1 Å². The van der Waals surface area contributed by atoms with Gasteiger partial charge in [-0.3, -0.25) is 0 Å². The van der Waals surface area contributed by atoms with Crippen molar-refractivity contribution in [3.8, 4) is 0 Å². The molecule has 0 unspecified atom stereocenters. The lowest BCUT2D eigenvalue weighted by molar-refractivity contribution is -0.00115. The first kappa shape index (κ1) is 13.2. The van der Waals surface area contributed by atoms with E-state index in [9.17, 15) is 9.18 Å². The molecular formula is C11H20FNO3. The topological polar surface area (TPSA) is 49.8 Å². The van der Waals surface area contributed by atoms with E-state index in [1.807, 2.05) is 0 Å². The minimum Gasteiger partial charge on any atom is -0.444 e. The summed E-state index contributed by atoms with van der Waals surface area (Å²) in [5, 5.41) is 8.90. The number of piperidine rings is 1. The fraction of sp³-hybridized carbons (Fsp3) is 0.909. The number of aliphatic hydroxyl groups excluding tert-OH is 1. The van der Waals surface area contributed by atoms with Crippen LogP contribution in [0.4, 0.5) is 9.18 Å². The molecule has 0 saturated carbocycles. The third kappa shape index (κ3) is 3.63. The number of hydrogen-bond acceptors (Lipinski definition) is 3. The Morgan fingerprint density at radius 2 is 2.19 bits per heavy atom. The third-order valence-corrected chi connectivity index (χ3v) is 2.56. The van der Waals surface area contributed by atoms with Gasteiger partial charge < -0.3 is 14.7 Å². The van der Waals surface area contributed by atoms with Crippen LogP contribution in [0.25, 0.3) is 0 Å². The highest BCUT2D eigenvalue weighted by atomic mass is 19.1. The highest BCUT2D eigenvalue weighted by Crippen LogP contribution is 2.21. The second kappa shape index (κ2) is 4.99. The first-order valence-corrected chi connectivity index (χ1v) is 5.56. The number of halogens is 1. The van der Waals surface area contributed by atoms with Crippen molar-refractivity contribution >= 4 is 6.09 Å². The van der Waals surface area contributed by atoms with Crippen LogP contribution in [-0.4, -0.2) is 47.6 Å². The summed E-state index contributed by atoms with van der Waals surface area (Å²) in [5.41, 5.74) is -0.559. The van der Waals surface area contributed by atoms with E-state index in [0.29, 0.717) is 13.0 Å². The predicted molar refractivity (Wildman–Crippen MR) is 57.9 cm³/mol. The van der Waals surface area contributed by atoms with Crippen molar-refractivity contribution in [1.82, 2.24) is 4.90 Å². The summed E-state index contributed by atoms with van der Waals surface area (Å²) < 4.78 is 18.6. The van der Waals surface area contributed by atoms with Crippen molar-refractivity contribution in [3.63, 3.8) is 0 Å². The van der Waals surface area contributed by atoms with Crippen molar-refractivity contribution in [1.29, 1.82) is 0 Å². The highest BCUT2D eigenvalue weighted by Gasteiger charge is 2.32. The van der Waals surface area contributed by atoms with E-state index >= 15 is 0 Å². The monoisotopic (exact) mass is 233 g/mol. The van der Waals surface area contributed by atoms with Crippen LogP contribution in [0.2, 0.25) is 0 Å². The van der Waals surface area contributed by atoms with Crippen molar-refractivity contribution in [2.75, 3.05) is 19.7 Å². The molecule has 0 aliphatic carbocycles. The number of carbonyl (C=O) groups excluding carboxylic acids is 1. The molecule has 0 aromatic carbocycles. The van der Waals surface area contributed by atoms with E-state index in [1.165, 1.54) is 4.90 Å². The number of hydrogen-bond donors (Lipinski definition) is 1. The van der Waals surface area contributed by atoms with Crippen molar-refractivity contribution in [2.24, 2.45) is 5.92 Å². The Balaban J connectivity index is 2.48. The summed E-state index contributed by atoms with van der Waals surface area (Å²) in [6.45, 7) is 5.62. The molecule has 0 aromatic rings. The van der Waals surface area contributed by atoms with Crippen molar-refractivity contribution in [2.45, 2.75) is 39.0 Å². The lowest BCUT2D eigenvalue weighted by Gasteiger charge is -2.34. The Bertz CT molecular complexity index is 252. The Morgan fingerprint density at radius 3 is 2.62 bits per heavy atom. The van der Waals surface area contributed by atoms with Crippen LogP contribution in [0.5, 0.6) is 0 Å². The van der Waals surface area contributed by atoms with Gasteiger partial charge in [0.1, 0.15) is 11.8 Å². The zero-order valence-electron chi connectivity index (χ0n) is 10.1. The molecule has 94 valence electrons. The SMILES string of the molecule is CC(C)(C)OC(=O)N1CC[C@@H](CO)[C@@H](F)C1. The Labute approximate surface area is 95.4 Å². The molecule has 4 nitrogen and oxygen atoms in total. The maximum Gasteiger partial charge on any atom is 0.410 e. The normalized spacial score (nSPS) is 26.7. The van der Waals surface area contributed by atoms with E-state index in [0.717, 1.165) is 0 Å². The van der Waals surface area contributed by atoms with Gasteiger partial charge in [0.15, 0.2) is 0 Å². The minimum atomic E-state index is -1.16. The number of rotatable bonds is 1. The Morgan fingerprint density at radius 1 is 1.56 bits per heavy atom. The summed E-state index contributed by atoms with van der Waals surface area (Å²) in [7, 11) is 0.